The van der Waals surface area contributed by atoms with Crippen LogP contribution in [0.4, 0.5) is 5.69 Å². The van der Waals surface area contributed by atoms with E-state index in [0.29, 0.717) is 27.4 Å². The SMILES string of the molecule is COc1ccc(NC(=O)c2cc(=O)c3cc(Cl)ccc3o2)c2ncccc12. The Hall–Kier alpha value is -3.38. The fraction of sp³-hybridized carbons (Fsp3) is 0.0500. The zero-order valence-corrected chi connectivity index (χ0v) is 14.9. The van der Waals surface area contributed by atoms with E-state index in [1.165, 1.54) is 6.07 Å². The van der Waals surface area contributed by atoms with Gasteiger partial charge in [0.15, 0.2) is 11.2 Å². The summed E-state index contributed by atoms with van der Waals surface area (Å²) in [5.74, 6) is -0.0130. The lowest BCUT2D eigenvalue weighted by Gasteiger charge is -2.10. The van der Waals surface area contributed by atoms with Crippen LogP contribution in [-0.4, -0.2) is 18.0 Å². The van der Waals surface area contributed by atoms with Gasteiger partial charge in [0.2, 0.25) is 0 Å². The van der Waals surface area contributed by atoms with Crippen LogP contribution in [0.25, 0.3) is 21.9 Å². The average molecular weight is 381 g/mol. The number of amides is 1. The normalized spacial score (nSPS) is 10.9. The molecular weight excluding hydrogens is 368 g/mol. The molecule has 2 aromatic heterocycles. The summed E-state index contributed by atoms with van der Waals surface area (Å²) < 4.78 is 10.9. The first-order valence-electron chi connectivity index (χ1n) is 8.03. The molecule has 27 heavy (non-hydrogen) atoms. The third kappa shape index (κ3) is 3.11. The fourth-order valence-corrected chi connectivity index (χ4v) is 3.02. The molecular formula is C20H13ClN2O4. The average Bonchev–Trinajstić information content (AvgIpc) is 2.68. The molecule has 4 rings (SSSR count). The molecule has 1 amide bonds. The standard InChI is InChI=1S/C20H13ClN2O4/c1-26-16-7-5-14(19-12(16)3-2-8-22-19)23-20(25)18-10-15(24)13-9-11(21)4-6-17(13)27-18/h2-10H,1H3,(H,23,25). The van der Waals surface area contributed by atoms with Gasteiger partial charge < -0.3 is 14.5 Å². The van der Waals surface area contributed by atoms with E-state index in [1.54, 1.807) is 43.6 Å². The number of nitrogens with zero attached hydrogens (tertiary/aromatic N) is 1. The van der Waals surface area contributed by atoms with Crippen molar-refractivity contribution in [3.8, 4) is 5.75 Å². The molecule has 0 aliphatic carbocycles. The molecule has 0 bridgehead atoms. The molecule has 2 aromatic carbocycles. The van der Waals surface area contributed by atoms with Crippen LogP contribution in [-0.2, 0) is 0 Å². The van der Waals surface area contributed by atoms with Crippen molar-refractivity contribution in [2.24, 2.45) is 0 Å². The van der Waals surface area contributed by atoms with Gasteiger partial charge in [-0.25, -0.2) is 0 Å². The summed E-state index contributed by atoms with van der Waals surface area (Å²) in [6, 6.07) is 12.8. The third-order valence-electron chi connectivity index (χ3n) is 4.11. The Labute approximate surface area is 158 Å². The Morgan fingerprint density at radius 2 is 2.00 bits per heavy atom. The van der Waals surface area contributed by atoms with Crippen molar-refractivity contribution in [2.45, 2.75) is 0 Å². The number of rotatable bonds is 3. The molecule has 0 atom stereocenters. The molecule has 0 fully saturated rings. The number of ether oxygens (including phenoxy) is 1. The topological polar surface area (TPSA) is 81.4 Å². The van der Waals surface area contributed by atoms with Crippen LogP contribution >= 0.6 is 11.6 Å². The molecule has 0 saturated carbocycles. The summed E-state index contributed by atoms with van der Waals surface area (Å²) in [7, 11) is 1.57. The fourth-order valence-electron chi connectivity index (χ4n) is 2.85. The van der Waals surface area contributed by atoms with Crippen LogP contribution in [0.15, 0.2) is 63.9 Å². The lowest BCUT2D eigenvalue weighted by Crippen LogP contribution is -2.15. The molecule has 134 valence electrons. The van der Waals surface area contributed by atoms with Gasteiger partial charge in [-0.15, -0.1) is 0 Å². The number of carbonyl (C=O) groups is 1. The van der Waals surface area contributed by atoms with Gasteiger partial charge in [0.05, 0.1) is 23.7 Å². The van der Waals surface area contributed by atoms with Gasteiger partial charge in [0.1, 0.15) is 11.3 Å². The van der Waals surface area contributed by atoms with Crippen LogP contribution in [0, 0.1) is 0 Å². The largest absolute Gasteiger partial charge is 0.496 e. The third-order valence-corrected chi connectivity index (χ3v) is 4.35. The summed E-state index contributed by atoms with van der Waals surface area (Å²) in [6.45, 7) is 0. The van der Waals surface area contributed by atoms with E-state index in [-0.39, 0.29) is 16.8 Å². The molecule has 0 aliphatic rings. The second-order valence-corrected chi connectivity index (χ2v) is 6.22. The predicted octanol–water partition coefficient (Wildman–Crippen LogP) is 4.26. The van der Waals surface area contributed by atoms with Crippen molar-refractivity contribution >= 4 is 45.1 Å². The van der Waals surface area contributed by atoms with Crippen LogP contribution in [0.3, 0.4) is 0 Å². The minimum Gasteiger partial charge on any atom is -0.496 e. The number of hydrogen-bond donors (Lipinski definition) is 1. The first-order chi connectivity index (χ1) is 13.1. The molecule has 0 unspecified atom stereocenters. The molecule has 7 heteroatoms. The zero-order chi connectivity index (χ0) is 19.0. The quantitative estimate of drug-likeness (QED) is 0.574. The Bertz CT molecular complexity index is 1250. The highest BCUT2D eigenvalue weighted by atomic mass is 35.5. The summed E-state index contributed by atoms with van der Waals surface area (Å²) in [4.78, 5) is 29.2. The number of methoxy groups -OCH3 is 1. The second kappa shape index (κ2) is 6.74. The van der Waals surface area contributed by atoms with Crippen LogP contribution in [0.5, 0.6) is 5.75 Å². The van der Waals surface area contributed by atoms with Gasteiger partial charge >= 0.3 is 0 Å². The number of aromatic nitrogens is 1. The Balaban J connectivity index is 1.75. The van der Waals surface area contributed by atoms with E-state index in [9.17, 15) is 9.59 Å². The van der Waals surface area contributed by atoms with Gasteiger partial charge in [-0.2, -0.15) is 0 Å². The van der Waals surface area contributed by atoms with Crippen molar-refractivity contribution < 1.29 is 13.9 Å². The minimum absolute atomic E-state index is 0.102. The number of pyridine rings is 1. The van der Waals surface area contributed by atoms with E-state index in [1.807, 2.05) is 6.07 Å². The van der Waals surface area contributed by atoms with Gasteiger partial charge in [-0.1, -0.05) is 11.6 Å². The number of fused-ring (bicyclic) bond motifs is 2. The van der Waals surface area contributed by atoms with E-state index in [0.717, 1.165) is 11.5 Å². The molecule has 1 N–H and O–H groups in total. The molecule has 0 saturated heterocycles. The number of nitrogens with one attached hydrogen (secondary N) is 1. The van der Waals surface area contributed by atoms with E-state index >= 15 is 0 Å². The van der Waals surface area contributed by atoms with Gasteiger partial charge in [-0.05, 0) is 42.5 Å². The van der Waals surface area contributed by atoms with E-state index in [4.69, 9.17) is 20.8 Å². The van der Waals surface area contributed by atoms with Gasteiger partial charge in [0, 0.05) is 22.7 Å². The number of carbonyl (C=O) groups excluding carboxylic acids is 1. The Morgan fingerprint density at radius 1 is 1.15 bits per heavy atom. The van der Waals surface area contributed by atoms with Crippen LogP contribution in [0.1, 0.15) is 10.6 Å². The molecule has 6 nitrogen and oxygen atoms in total. The number of benzene rings is 2. The van der Waals surface area contributed by atoms with Gasteiger partial charge in [-0.3, -0.25) is 14.6 Å². The number of hydrogen-bond acceptors (Lipinski definition) is 5. The Kier molecular flexibility index (Phi) is 4.25. The van der Waals surface area contributed by atoms with Crippen molar-refractivity contribution in [1.29, 1.82) is 0 Å². The van der Waals surface area contributed by atoms with Crippen molar-refractivity contribution in [2.75, 3.05) is 12.4 Å². The van der Waals surface area contributed by atoms with Crippen molar-refractivity contribution in [3.63, 3.8) is 0 Å². The summed E-state index contributed by atoms with van der Waals surface area (Å²) in [5, 5.41) is 4.23. The first-order valence-corrected chi connectivity index (χ1v) is 8.41. The monoisotopic (exact) mass is 380 g/mol. The maximum Gasteiger partial charge on any atom is 0.291 e. The molecule has 0 aliphatic heterocycles. The molecule has 2 heterocycles. The smallest absolute Gasteiger partial charge is 0.291 e. The highest BCUT2D eigenvalue weighted by Gasteiger charge is 2.15. The second-order valence-electron chi connectivity index (χ2n) is 5.78. The van der Waals surface area contributed by atoms with Crippen molar-refractivity contribution in [3.05, 3.63) is 75.7 Å². The predicted molar refractivity (Wildman–Crippen MR) is 104 cm³/mol. The van der Waals surface area contributed by atoms with Crippen LogP contribution < -0.4 is 15.5 Å². The first kappa shape index (κ1) is 17.1. The lowest BCUT2D eigenvalue weighted by molar-refractivity contribution is 0.0997. The lowest BCUT2D eigenvalue weighted by atomic mass is 10.1. The summed E-state index contributed by atoms with van der Waals surface area (Å²) >= 11 is 5.90. The Morgan fingerprint density at radius 3 is 2.81 bits per heavy atom. The number of anilines is 1. The maximum absolute atomic E-state index is 12.6. The molecule has 0 radical (unpaired) electrons. The molecule has 4 aromatic rings. The zero-order valence-electron chi connectivity index (χ0n) is 14.2. The van der Waals surface area contributed by atoms with Crippen LogP contribution in [0.2, 0.25) is 5.02 Å². The highest BCUT2D eigenvalue weighted by molar-refractivity contribution is 6.31. The van der Waals surface area contributed by atoms with E-state index in [2.05, 4.69) is 10.3 Å². The van der Waals surface area contributed by atoms with Crippen molar-refractivity contribution in [1.82, 2.24) is 4.98 Å². The number of halogens is 1. The highest BCUT2D eigenvalue weighted by Crippen LogP contribution is 2.30. The summed E-state index contributed by atoms with van der Waals surface area (Å²) in [6.07, 6.45) is 1.62. The summed E-state index contributed by atoms with van der Waals surface area (Å²) in [5.41, 5.74) is 0.992. The maximum atomic E-state index is 12.6. The van der Waals surface area contributed by atoms with Gasteiger partial charge in [0.25, 0.3) is 5.91 Å². The minimum atomic E-state index is -0.555. The van der Waals surface area contributed by atoms with E-state index < -0.39 is 5.91 Å². The molecule has 0 spiro atoms.